The van der Waals surface area contributed by atoms with Gasteiger partial charge in [0.25, 0.3) is 0 Å². The van der Waals surface area contributed by atoms with Gasteiger partial charge in [-0.2, -0.15) is 0 Å². The molecule has 0 aliphatic carbocycles. The lowest BCUT2D eigenvalue weighted by Gasteiger charge is -2.30. The molecule has 0 bridgehead atoms. The van der Waals surface area contributed by atoms with Gasteiger partial charge in [-0.05, 0) is 37.0 Å². The molecule has 0 spiro atoms. The number of ether oxygens (including phenoxy) is 2. The van der Waals surface area contributed by atoms with Gasteiger partial charge in [-0.3, -0.25) is 9.69 Å². The van der Waals surface area contributed by atoms with Gasteiger partial charge < -0.3 is 25.4 Å². The molecule has 29 heavy (non-hydrogen) atoms. The lowest BCUT2D eigenvalue weighted by atomic mass is 10.0. The standard InChI is InChI=1S/C22H38N4O3/c1-3-18-29-20-7-4-19(5-8-20)6-9-21(22(27)28-2)26-16-14-24-12-10-23-11-13-25-15-17-26/h4-5,7-8,21,23-25H,3,6,9-18H2,1-2H3. The molecular formula is C22H38N4O3. The van der Waals surface area contributed by atoms with E-state index in [1.54, 1.807) is 0 Å². The van der Waals surface area contributed by atoms with E-state index < -0.39 is 0 Å². The summed E-state index contributed by atoms with van der Waals surface area (Å²) in [6, 6.07) is 7.96. The molecule has 1 aliphatic heterocycles. The Balaban J connectivity index is 1.95. The summed E-state index contributed by atoms with van der Waals surface area (Å²) in [6.07, 6.45) is 2.57. The molecule has 1 saturated heterocycles. The van der Waals surface area contributed by atoms with Crippen LogP contribution in [0, 0.1) is 0 Å². The highest BCUT2D eigenvalue weighted by Crippen LogP contribution is 2.16. The van der Waals surface area contributed by atoms with Crippen molar-refractivity contribution in [2.75, 3.05) is 66.1 Å². The minimum absolute atomic E-state index is 0.151. The number of hydrogen-bond acceptors (Lipinski definition) is 7. The maximum Gasteiger partial charge on any atom is 0.323 e. The zero-order valence-corrected chi connectivity index (χ0v) is 18.0. The highest BCUT2D eigenvalue weighted by Gasteiger charge is 2.26. The number of benzene rings is 1. The molecule has 7 heteroatoms. The molecule has 1 aromatic carbocycles. The van der Waals surface area contributed by atoms with Crippen molar-refractivity contribution in [3.63, 3.8) is 0 Å². The summed E-state index contributed by atoms with van der Waals surface area (Å²) in [7, 11) is 1.48. The van der Waals surface area contributed by atoms with Crippen LogP contribution in [0.1, 0.15) is 25.3 Å². The molecule has 1 aliphatic rings. The molecule has 7 nitrogen and oxygen atoms in total. The number of aryl methyl sites for hydroxylation is 1. The van der Waals surface area contributed by atoms with Gasteiger partial charge in [-0.15, -0.1) is 0 Å². The van der Waals surface area contributed by atoms with E-state index in [2.05, 4.69) is 39.9 Å². The van der Waals surface area contributed by atoms with Gasteiger partial charge in [-0.25, -0.2) is 0 Å². The van der Waals surface area contributed by atoms with Gasteiger partial charge in [0.1, 0.15) is 11.8 Å². The zero-order chi connectivity index (χ0) is 20.7. The van der Waals surface area contributed by atoms with Crippen molar-refractivity contribution in [1.82, 2.24) is 20.9 Å². The second kappa shape index (κ2) is 14.3. The lowest BCUT2D eigenvalue weighted by Crippen LogP contribution is -2.49. The molecule has 1 unspecified atom stereocenters. The second-order valence-electron chi connectivity index (χ2n) is 7.36. The summed E-state index contributed by atoms with van der Waals surface area (Å²) in [4.78, 5) is 14.8. The third kappa shape index (κ3) is 9.12. The topological polar surface area (TPSA) is 74.9 Å². The van der Waals surface area contributed by atoms with Crippen molar-refractivity contribution >= 4 is 5.97 Å². The number of methoxy groups -OCH3 is 1. The summed E-state index contributed by atoms with van der Waals surface area (Å²) in [5.41, 5.74) is 1.21. The van der Waals surface area contributed by atoms with Crippen LogP contribution in [0.5, 0.6) is 5.75 Å². The molecule has 0 aromatic heterocycles. The number of nitrogens with zero attached hydrogens (tertiary/aromatic N) is 1. The number of carbonyl (C=O) groups is 1. The van der Waals surface area contributed by atoms with Crippen LogP contribution in [0.4, 0.5) is 0 Å². The molecule has 1 atom stereocenters. The highest BCUT2D eigenvalue weighted by molar-refractivity contribution is 5.75. The molecule has 2 rings (SSSR count). The molecule has 164 valence electrons. The largest absolute Gasteiger partial charge is 0.494 e. The molecule has 0 radical (unpaired) electrons. The minimum atomic E-state index is -0.235. The van der Waals surface area contributed by atoms with E-state index >= 15 is 0 Å². The molecule has 1 aromatic rings. The first-order chi connectivity index (χ1) is 14.2. The molecule has 1 heterocycles. The molecule has 0 amide bonds. The average Bonchev–Trinajstić information content (AvgIpc) is 2.74. The molecular weight excluding hydrogens is 368 g/mol. The minimum Gasteiger partial charge on any atom is -0.494 e. The Morgan fingerprint density at radius 1 is 1.00 bits per heavy atom. The van der Waals surface area contributed by atoms with Crippen LogP contribution in [-0.4, -0.2) is 83.0 Å². The molecule has 1 fully saturated rings. The zero-order valence-electron chi connectivity index (χ0n) is 18.0. The van der Waals surface area contributed by atoms with Crippen LogP contribution in [0.3, 0.4) is 0 Å². The van der Waals surface area contributed by atoms with Gasteiger partial charge in [0.05, 0.1) is 13.7 Å². The quantitative estimate of drug-likeness (QED) is 0.557. The Hall–Kier alpha value is -1.67. The normalized spacial score (nSPS) is 18.3. The van der Waals surface area contributed by atoms with E-state index in [1.165, 1.54) is 12.7 Å². The van der Waals surface area contributed by atoms with Crippen molar-refractivity contribution in [2.24, 2.45) is 0 Å². The fourth-order valence-corrected chi connectivity index (χ4v) is 3.46. The van der Waals surface area contributed by atoms with Crippen LogP contribution in [-0.2, 0) is 16.0 Å². The molecule has 3 N–H and O–H groups in total. The Morgan fingerprint density at radius 3 is 2.14 bits per heavy atom. The fraction of sp³-hybridized carbons (Fsp3) is 0.682. The monoisotopic (exact) mass is 406 g/mol. The maximum atomic E-state index is 12.5. The van der Waals surface area contributed by atoms with Gasteiger partial charge in [0, 0.05) is 52.4 Å². The third-order valence-corrected chi connectivity index (χ3v) is 5.13. The van der Waals surface area contributed by atoms with Gasteiger partial charge in [0.2, 0.25) is 0 Å². The number of esters is 1. The highest BCUT2D eigenvalue weighted by atomic mass is 16.5. The van der Waals surface area contributed by atoms with E-state index in [-0.39, 0.29) is 12.0 Å². The lowest BCUT2D eigenvalue weighted by molar-refractivity contribution is -0.147. The number of nitrogens with one attached hydrogen (secondary N) is 3. The first kappa shape index (κ1) is 23.6. The Kier molecular flexibility index (Phi) is 11.7. The fourth-order valence-electron chi connectivity index (χ4n) is 3.46. The summed E-state index contributed by atoms with van der Waals surface area (Å²) in [5.74, 6) is 0.747. The average molecular weight is 407 g/mol. The van der Waals surface area contributed by atoms with E-state index in [0.717, 1.165) is 84.0 Å². The first-order valence-corrected chi connectivity index (χ1v) is 10.9. The number of carbonyl (C=O) groups excluding carboxylic acids is 1. The van der Waals surface area contributed by atoms with Crippen LogP contribution >= 0.6 is 0 Å². The summed E-state index contributed by atoms with van der Waals surface area (Å²) in [5, 5.41) is 10.3. The van der Waals surface area contributed by atoms with E-state index in [0.29, 0.717) is 0 Å². The van der Waals surface area contributed by atoms with E-state index in [1.807, 2.05) is 12.1 Å². The second-order valence-corrected chi connectivity index (χ2v) is 7.36. The van der Waals surface area contributed by atoms with Crippen molar-refractivity contribution in [3.8, 4) is 5.75 Å². The summed E-state index contributed by atoms with van der Waals surface area (Å²) >= 11 is 0. The van der Waals surface area contributed by atoms with Gasteiger partial charge in [-0.1, -0.05) is 19.1 Å². The first-order valence-electron chi connectivity index (χ1n) is 10.9. The van der Waals surface area contributed by atoms with Crippen LogP contribution in [0.2, 0.25) is 0 Å². The van der Waals surface area contributed by atoms with Crippen LogP contribution in [0.25, 0.3) is 0 Å². The Morgan fingerprint density at radius 2 is 1.59 bits per heavy atom. The Bertz CT molecular complexity index is 556. The number of hydrogen-bond donors (Lipinski definition) is 3. The SMILES string of the molecule is CCCOc1ccc(CCC(C(=O)OC)N2CCNCCNCCNCC2)cc1. The maximum absolute atomic E-state index is 12.5. The van der Waals surface area contributed by atoms with Crippen LogP contribution < -0.4 is 20.7 Å². The van der Waals surface area contributed by atoms with Gasteiger partial charge >= 0.3 is 5.97 Å². The van der Waals surface area contributed by atoms with E-state index in [4.69, 9.17) is 9.47 Å². The predicted molar refractivity (Wildman–Crippen MR) is 117 cm³/mol. The van der Waals surface area contributed by atoms with Gasteiger partial charge in [0.15, 0.2) is 0 Å². The van der Waals surface area contributed by atoms with Crippen molar-refractivity contribution < 1.29 is 14.3 Å². The smallest absolute Gasteiger partial charge is 0.323 e. The third-order valence-electron chi connectivity index (χ3n) is 5.13. The summed E-state index contributed by atoms with van der Waals surface area (Å²) in [6.45, 7) is 9.98. The predicted octanol–water partition coefficient (Wildman–Crippen LogP) is 1.03. The summed E-state index contributed by atoms with van der Waals surface area (Å²) < 4.78 is 10.8. The van der Waals surface area contributed by atoms with Crippen molar-refractivity contribution in [3.05, 3.63) is 29.8 Å². The Labute approximate surface area is 175 Å². The van der Waals surface area contributed by atoms with Crippen LogP contribution in [0.15, 0.2) is 24.3 Å². The number of rotatable bonds is 8. The van der Waals surface area contributed by atoms with Crippen molar-refractivity contribution in [1.29, 1.82) is 0 Å². The van der Waals surface area contributed by atoms with Crippen molar-refractivity contribution in [2.45, 2.75) is 32.2 Å². The molecule has 0 saturated carbocycles. The van der Waals surface area contributed by atoms with E-state index in [9.17, 15) is 4.79 Å².